The lowest BCUT2D eigenvalue weighted by molar-refractivity contribution is -0.135. The van der Waals surface area contributed by atoms with E-state index in [4.69, 9.17) is 26.4 Å². The van der Waals surface area contributed by atoms with Gasteiger partial charge in [-0.3, -0.25) is 4.99 Å². The largest absolute Gasteiger partial charge is 0.394 e. The fraction of sp³-hybridized carbons (Fsp3) is 0.750. The molecule has 8 heteroatoms. The van der Waals surface area contributed by atoms with E-state index in [0.717, 1.165) is 0 Å². The summed E-state index contributed by atoms with van der Waals surface area (Å²) in [6, 6.07) is 0. The second-order valence-corrected chi connectivity index (χ2v) is 3.02. The van der Waals surface area contributed by atoms with E-state index in [2.05, 4.69) is 4.99 Å². The van der Waals surface area contributed by atoms with Crippen LogP contribution in [-0.4, -0.2) is 65.6 Å². The van der Waals surface area contributed by atoms with Crippen molar-refractivity contribution in [2.45, 2.75) is 18.3 Å². The molecule has 0 unspecified atom stereocenters. The number of guanidine groups is 1. The number of aliphatic imine (C=N–C) groups is 1. The average molecular weight is 235 g/mol. The van der Waals surface area contributed by atoms with Gasteiger partial charge in [-0.1, -0.05) is 0 Å². The number of aldehydes is 1. The molecule has 8 nitrogen and oxygen atoms in total. The molecular formula is C8H17N3O5. The Balaban J connectivity index is 4.00. The summed E-state index contributed by atoms with van der Waals surface area (Å²) in [5.41, 5.74) is 10.1. The van der Waals surface area contributed by atoms with E-state index in [0.29, 0.717) is 6.29 Å². The first-order chi connectivity index (χ1) is 7.52. The van der Waals surface area contributed by atoms with Gasteiger partial charge in [0.15, 0.2) is 12.2 Å². The summed E-state index contributed by atoms with van der Waals surface area (Å²) in [6.45, 7) is -0.520. The van der Waals surface area contributed by atoms with E-state index in [1.54, 1.807) is 0 Å². The third kappa shape index (κ3) is 5.61. The molecule has 0 spiro atoms. The Kier molecular flexibility index (Phi) is 7.38. The van der Waals surface area contributed by atoms with E-state index in [-0.39, 0.29) is 19.1 Å². The van der Waals surface area contributed by atoms with Gasteiger partial charge in [0.1, 0.15) is 18.3 Å². The van der Waals surface area contributed by atoms with Crippen LogP contribution >= 0.6 is 0 Å². The van der Waals surface area contributed by atoms with Crippen LogP contribution < -0.4 is 11.5 Å². The molecule has 0 aliphatic carbocycles. The van der Waals surface area contributed by atoms with Crippen molar-refractivity contribution < 1.29 is 24.9 Å². The smallest absolute Gasteiger partial charge is 0.185 e. The van der Waals surface area contributed by atoms with Gasteiger partial charge in [-0.15, -0.1) is 0 Å². The van der Waals surface area contributed by atoms with Gasteiger partial charge in [-0.05, 0) is 0 Å². The molecule has 0 amide bonds. The van der Waals surface area contributed by atoms with Gasteiger partial charge in [-0.2, -0.15) is 0 Å². The number of nitrogens with zero attached hydrogens (tertiary/aromatic N) is 1. The predicted molar refractivity (Wildman–Crippen MR) is 55.6 cm³/mol. The summed E-state index contributed by atoms with van der Waals surface area (Å²) in [4.78, 5) is 14.1. The molecule has 0 aliphatic heterocycles. The second kappa shape index (κ2) is 7.99. The minimum absolute atomic E-state index is 0.0104. The number of hydrogen-bond donors (Lipinski definition) is 5. The maximum Gasteiger partial charge on any atom is 0.185 e. The SMILES string of the molecule is NC(N)=NCCO[C@@H](C=O)[C@H](O)[C@H](O)CO. The van der Waals surface area contributed by atoms with Gasteiger partial charge in [0.2, 0.25) is 0 Å². The van der Waals surface area contributed by atoms with Crippen molar-refractivity contribution in [3.8, 4) is 0 Å². The van der Waals surface area contributed by atoms with E-state index in [1.165, 1.54) is 0 Å². The lowest BCUT2D eigenvalue weighted by atomic mass is 10.1. The molecule has 0 saturated heterocycles. The number of rotatable bonds is 8. The van der Waals surface area contributed by atoms with Crippen LogP contribution in [0.4, 0.5) is 0 Å². The second-order valence-electron chi connectivity index (χ2n) is 3.02. The summed E-state index contributed by atoms with van der Waals surface area (Å²) < 4.78 is 4.92. The number of aliphatic hydroxyl groups is 3. The number of aliphatic hydroxyl groups excluding tert-OH is 3. The number of carbonyl (C=O) groups excluding carboxylic acids is 1. The zero-order valence-electron chi connectivity index (χ0n) is 8.69. The minimum atomic E-state index is -1.48. The molecule has 0 fully saturated rings. The fourth-order valence-electron chi connectivity index (χ4n) is 0.909. The maximum atomic E-state index is 10.5. The zero-order chi connectivity index (χ0) is 12.6. The van der Waals surface area contributed by atoms with Crippen molar-refractivity contribution in [2.24, 2.45) is 16.5 Å². The van der Waals surface area contributed by atoms with Gasteiger partial charge in [0, 0.05) is 0 Å². The van der Waals surface area contributed by atoms with Crippen LogP contribution in [0.25, 0.3) is 0 Å². The topological polar surface area (TPSA) is 151 Å². The highest BCUT2D eigenvalue weighted by atomic mass is 16.5. The number of carbonyl (C=O) groups is 1. The molecule has 0 bridgehead atoms. The van der Waals surface area contributed by atoms with Crippen molar-refractivity contribution in [1.82, 2.24) is 0 Å². The van der Waals surface area contributed by atoms with E-state index >= 15 is 0 Å². The maximum absolute atomic E-state index is 10.5. The summed E-state index contributed by atoms with van der Waals surface area (Å²) >= 11 is 0. The molecule has 0 aromatic rings. The lowest BCUT2D eigenvalue weighted by Crippen LogP contribution is -2.42. The van der Waals surface area contributed by atoms with Gasteiger partial charge >= 0.3 is 0 Å². The molecule has 0 radical (unpaired) electrons. The van der Waals surface area contributed by atoms with E-state index in [9.17, 15) is 9.90 Å². The molecule has 7 N–H and O–H groups in total. The highest BCUT2D eigenvalue weighted by molar-refractivity contribution is 5.75. The molecule has 0 aromatic heterocycles. The van der Waals surface area contributed by atoms with Crippen molar-refractivity contribution in [1.29, 1.82) is 0 Å². The van der Waals surface area contributed by atoms with Gasteiger partial charge in [-0.25, -0.2) is 0 Å². The predicted octanol–water partition coefficient (Wildman–Crippen LogP) is -3.44. The summed E-state index contributed by atoms with van der Waals surface area (Å²) in [5.74, 6) is -0.109. The fourth-order valence-corrected chi connectivity index (χ4v) is 0.909. The molecule has 0 rings (SSSR count). The van der Waals surface area contributed by atoms with Crippen LogP contribution in [-0.2, 0) is 9.53 Å². The normalized spacial score (nSPS) is 16.2. The Morgan fingerprint density at radius 3 is 2.50 bits per heavy atom. The molecule has 0 heterocycles. The molecular weight excluding hydrogens is 218 g/mol. The molecule has 0 saturated carbocycles. The molecule has 0 aliphatic rings. The van der Waals surface area contributed by atoms with Crippen LogP contribution in [0.15, 0.2) is 4.99 Å². The van der Waals surface area contributed by atoms with Crippen LogP contribution in [0.2, 0.25) is 0 Å². The van der Waals surface area contributed by atoms with Crippen LogP contribution in [0.3, 0.4) is 0 Å². The third-order valence-corrected chi connectivity index (χ3v) is 1.75. The Morgan fingerprint density at radius 1 is 1.44 bits per heavy atom. The Morgan fingerprint density at radius 2 is 2.06 bits per heavy atom. The van der Waals surface area contributed by atoms with Crippen molar-refractivity contribution in [3.05, 3.63) is 0 Å². The number of nitrogens with two attached hydrogens (primary N) is 2. The molecule has 3 atom stereocenters. The summed E-state index contributed by atoms with van der Waals surface area (Å²) in [5, 5.41) is 27.0. The van der Waals surface area contributed by atoms with Gasteiger partial charge in [0.05, 0.1) is 19.8 Å². The average Bonchev–Trinajstić information content (AvgIpc) is 2.27. The van der Waals surface area contributed by atoms with Crippen molar-refractivity contribution in [2.75, 3.05) is 19.8 Å². The van der Waals surface area contributed by atoms with Crippen molar-refractivity contribution in [3.63, 3.8) is 0 Å². The standard InChI is InChI=1S/C8H17N3O5/c9-8(10)11-1-2-16-6(4-13)7(15)5(14)3-12/h4-7,12,14-15H,1-3H2,(H4,9,10,11)/t5-,6+,7-/m1/s1. The highest BCUT2D eigenvalue weighted by Gasteiger charge is 2.26. The van der Waals surface area contributed by atoms with Gasteiger partial charge in [0.25, 0.3) is 0 Å². The number of hydrogen-bond acceptors (Lipinski definition) is 6. The first-order valence-electron chi connectivity index (χ1n) is 4.62. The van der Waals surface area contributed by atoms with Crippen LogP contribution in [0, 0.1) is 0 Å². The quantitative estimate of drug-likeness (QED) is 0.127. The summed E-state index contributed by atoms with van der Waals surface area (Å²) in [7, 11) is 0. The summed E-state index contributed by atoms with van der Waals surface area (Å²) in [6.07, 6.45) is -3.81. The van der Waals surface area contributed by atoms with Crippen LogP contribution in [0.5, 0.6) is 0 Å². The first-order valence-corrected chi connectivity index (χ1v) is 4.62. The Bertz CT molecular complexity index is 232. The third-order valence-electron chi connectivity index (χ3n) is 1.75. The van der Waals surface area contributed by atoms with Gasteiger partial charge < -0.3 is 36.3 Å². The highest BCUT2D eigenvalue weighted by Crippen LogP contribution is 2.02. The monoisotopic (exact) mass is 235 g/mol. The molecule has 94 valence electrons. The lowest BCUT2D eigenvalue weighted by Gasteiger charge is -2.21. The number of ether oxygens (including phenoxy) is 1. The molecule has 0 aromatic carbocycles. The van der Waals surface area contributed by atoms with E-state index in [1.807, 2.05) is 0 Å². The zero-order valence-corrected chi connectivity index (χ0v) is 8.69. The molecule has 16 heavy (non-hydrogen) atoms. The Hall–Kier alpha value is -1.22. The van der Waals surface area contributed by atoms with Crippen LogP contribution in [0.1, 0.15) is 0 Å². The minimum Gasteiger partial charge on any atom is -0.394 e. The van der Waals surface area contributed by atoms with E-state index < -0.39 is 24.9 Å². The first kappa shape index (κ1) is 14.8. The van der Waals surface area contributed by atoms with Crippen molar-refractivity contribution >= 4 is 12.2 Å². The Labute approximate surface area is 92.5 Å².